The van der Waals surface area contributed by atoms with Crippen molar-refractivity contribution in [3.63, 3.8) is 0 Å². The fraction of sp³-hybridized carbons (Fsp3) is 0.455. The van der Waals surface area contributed by atoms with Crippen LogP contribution in [0.4, 0.5) is 0 Å². The number of thiophene rings is 3. The second-order valence-corrected chi connectivity index (χ2v) is 11.0. The first-order valence-corrected chi connectivity index (χ1v) is 11.3. The molecule has 0 aliphatic heterocycles. The quantitative estimate of drug-likeness (QED) is 0.433. The molecule has 3 heteroatoms. The smallest absolute Gasteiger partial charge is 0.0169 e. The van der Waals surface area contributed by atoms with Gasteiger partial charge in [0, 0.05) is 42.1 Å². The molecule has 3 heterocycles. The minimum Gasteiger partial charge on any atom is -0.145 e. The zero-order valence-electron chi connectivity index (χ0n) is 16.6. The van der Waals surface area contributed by atoms with E-state index in [0.29, 0.717) is 0 Å². The van der Waals surface area contributed by atoms with Crippen molar-refractivity contribution in [1.29, 1.82) is 0 Å². The van der Waals surface area contributed by atoms with Crippen LogP contribution in [0, 0.1) is 55.4 Å². The van der Waals surface area contributed by atoms with Crippen LogP contribution in [0.5, 0.6) is 0 Å². The maximum atomic E-state index is 2.31. The Morgan fingerprint density at radius 2 is 0.680 bits per heavy atom. The van der Waals surface area contributed by atoms with Gasteiger partial charge in [0.2, 0.25) is 0 Å². The van der Waals surface area contributed by atoms with E-state index in [-0.39, 0.29) is 0 Å². The van der Waals surface area contributed by atoms with E-state index >= 15 is 0 Å². The zero-order valence-corrected chi connectivity index (χ0v) is 19.1. The van der Waals surface area contributed by atoms with Crippen molar-refractivity contribution in [2.45, 2.75) is 68.2 Å². The molecule has 0 unspecified atom stereocenters. The van der Waals surface area contributed by atoms with Gasteiger partial charge in [-0.25, -0.2) is 0 Å². The highest BCUT2D eigenvalue weighted by atomic mass is 32.1. The molecule has 0 atom stereocenters. The van der Waals surface area contributed by atoms with E-state index in [1.165, 1.54) is 43.1 Å². The molecule has 0 saturated heterocycles. The highest BCUT2D eigenvalue weighted by Crippen LogP contribution is 2.37. The number of hydrogen-bond acceptors (Lipinski definition) is 3. The van der Waals surface area contributed by atoms with Crippen LogP contribution in [0.25, 0.3) is 0 Å². The number of aryl methyl sites for hydroxylation is 2. The highest BCUT2D eigenvalue weighted by molar-refractivity contribution is 7.14. The third kappa shape index (κ3) is 3.39. The van der Waals surface area contributed by atoms with E-state index < -0.39 is 0 Å². The molecule has 0 N–H and O–H groups in total. The first kappa shape index (κ1) is 18.9. The molecule has 3 aromatic rings. The first-order valence-electron chi connectivity index (χ1n) is 8.89. The fourth-order valence-corrected chi connectivity index (χ4v) is 7.23. The van der Waals surface area contributed by atoms with E-state index in [4.69, 9.17) is 0 Å². The highest BCUT2D eigenvalue weighted by Gasteiger charge is 2.17. The van der Waals surface area contributed by atoms with Gasteiger partial charge in [-0.15, -0.1) is 34.0 Å². The Morgan fingerprint density at radius 1 is 0.400 bits per heavy atom. The Balaban J connectivity index is 1.92. The Bertz CT molecular complexity index is 857. The summed E-state index contributed by atoms with van der Waals surface area (Å²) in [6.07, 6.45) is 2.20. The molecular weight excluding hydrogens is 360 g/mol. The standard InChI is InChI=1S/C22H28S3/c1-11-13(3)19(23-17(11)7)9-21-15(5)16(6)22(25-21)10-20-14(4)12(2)18(8)24-20/h9-10H2,1-8H3. The molecule has 0 aliphatic carbocycles. The van der Waals surface area contributed by atoms with Gasteiger partial charge in [0.25, 0.3) is 0 Å². The monoisotopic (exact) mass is 388 g/mol. The summed E-state index contributed by atoms with van der Waals surface area (Å²) in [7, 11) is 0. The molecule has 0 saturated carbocycles. The third-order valence-corrected chi connectivity index (χ3v) is 9.87. The Morgan fingerprint density at radius 3 is 0.960 bits per heavy atom. The topological polar surface area (TPSA) is 0 Å². The molecule has 0 nitrogen and oxygen atoms in total. The van der Waals surface area contributed by atoms with Crippen molar-refractivity contribution < 1.29 is 0 Å². The molecule has 0 spiro atoms. The zero-order chi connectivity index (χ0) is 18.5. The largest absolute Gasteiger partial charge is 0.145 e. The van der Waals surface area contributed by atoms with Gasteiger partial charge in [0.15, 0.2) is 0 Å². The lowest BCUT2D eigenvalue weighted by molar-refractivity contribution is 1.17. The SMILES string of the molecule is Cc1sc(Cc2sc(Cc3sc(C)c(C)c3C)c(C)c2C)c(C)c1C. The maximum Gasteiger partial charge on any atom is 0.0169 e. The minimum absolute atomic E-state index is 1.10. The molecule has 3 rings (SSSR count). The van der Waals surface area contributed by atoms with Gasteiger partial charge in [0.1, 0.15) is 0 Å². The molecule has 25 heavy (non-hydrogen) atoms. The van der Waals surface area contributed by atoms with Crippen molar-refractivity contribution in [1.82, 2.24) is 0 Å². The van der Waals surface area contributed by atoms with Crippen LogP contribution in [0.15, 0.2) is 0 Å². The Labute approximate surface area is 164 Å². The van der Waals surface area contributed by atoms with Crippen molar-refractivity contribution in [3.05, 3.63) is 62.6 Å². The summed E-state index contributed by atoms with van der Waals surface area (Å²) in [4.78, 5) is 9.14. The third-order valence-electron chi connectivity index (χ3n) is 5.86. The van der Waals surface area contributed by atoms with Crippen molar-refractivity contribution in [2.75, 3.05) is 0 Å². The van der Waals surface area contributed by atoms with Crippen LogP contribution in [-0.2, 0) is 12.8 Å². The van der Waals surface area contributed by atoms with Crippen LogP contribution < -0.4 is 0 Å². The van der Waals surface area contributed by atoms with E-state index in [1.807, 2.05) is 34.0 Å². The lowest BCUT2D eigenvalue weighted by Gasteiger charge is -2.00. The predicted octanol–water partition coefficient (Wildman–Crippen LogP) is 7.52. The predicted molar refractivity (Wildman–Crippen MR) is 116 cm³/mol. The van der Waals surface area contributed by atoms with E-state index in [0.717, 1.165) is 12.8 Å². The molecule has 0 aromatic carbocycles. The molecule has 0 bridgehead atoms. The molecule has 0 fully saturated rings. The molecular formula is C22H28S3. The fourth-order valence-electron chi connectivity index (χ4n) is 3.31. The summed E-state index contributed by atoms with van der Waals surface area (Å²) in [6.45, 7) is 18.2. The minimum atomic E-state index is 1.10. The first-order chi connectivity index (χ1) is 11.7. The molecule has 0 aliphatic rings. The van der Waals surface area contributed by atoms with Crippen LogP contribution in [0.2, 0.25) is 0 Å². The molecule has 0 amide bonds. The lowest BCUT2D eigenvalue weighted by atomic mass is 10.0. The van der Waals surface area contributed by atoms with Crippen molar-refractivity contribution >= 4 is 34.0 Å². The van der Waals surface area contributed by atoms with Gasteiger partial charge >= 0.3 is 0 Å². The van der Waals surface area contributed by atoms with Gasteiger partial charge in [0.05, 0.1) is 0 Å². The van der Waals surface area contributed by atoms with Gasteiger partial charge in [-0.3, -0.25) is 0 Å². The van der Waals surface area contributed by atoms with Crippen molar-refractivity contribution in [2.24, 2.45) is 0 Å². The van der Waals surface area contributed by atoms with E-state index in [2.05, 4.69) is 55.4 Å². The summed E-state index contributed by atoms with van der Waals surface area (Å²) < 4.78 is 0. The molecule has 0 radical (unpaired) electrons. The Hall–Kier alpha value is -0.900. The number of hydrogen-bond donors (Lipinski definition) is 0. The van der Waals surface area contributed by atoms with Gasteiger partial charge in [-0.05, 0) is 88.8 Å². The summed E-state index contributed by atoms with van der Waals surface area (Å²) in [5, 5.41) is 0. The summed E-state index contributed by atoms with van der Waals surface area (Å²) >= 11 is 6.00. The van der Waals surface area contributed by atoms with Gasteiger partial charge < -0.3 is 0 Å². The number of rotatable bonds is 4. The van der Waals surface area contributed by atoms with Crippen LogP contribution in [-0.4, -0.2) is 0 Å². The second kappa shape index (κ2) is 7.02. The normalized spacial score (nSPS) is 11.5. The second-order valence-electron chi connectivity index (χ2n) is 7.21. The van der Waals surface area contributed by atoms with Crippen molar-refractivity contribution in [3.8, 4) is 0 Å². The summed E-state index contributed by atoms with van der Waals surface area (Å²) in [6, 6.07) is 0. The van der Waals surface area contributed by atoms with E-state index in [9.17, 15) is 0 Å². The lowest BCUT2D eigenvalue weighted by Crippen LogP contribution is -1.88. The molecule has 3 aromatic heterocycles. The van der Waals surface area contributed by atoms with Gasteiger partial charge in [-0.1, -0.05) is 0 Å². The molecule has 134 valence electrons. The van der Waals surface area contributed by atoms with Gasteiger partial charge in [-0.2, -0.15) is 0 Å². The summed E-state index contributed by atoms with van der Waals surface area (Å²) in [5.74, 6) is 0. The Kier molecular flexibility index (Phi) is 5.30. The maximum absolute atomic E-state index is 2.31. The average Bonchev–Trinajstić information content (AvgIpc) is 3.07. The average molecular weight is 389 g/mol. The summed E-state index contributed by atoms with van der Waals surface area (Å²) in [5.41, 5.74) is 8.96. The van der Waals surface area contributed by atoms with Crippen LogP contribution in [0.3, 0.4) is 0 Å². The van der Waals surface area contributed by atoms with Crippen LogP contribution in [0.1, 0.15) is 62.6 Å². The van der Waals surface area contributed by atoms with E-state index in [1.54, 1.807) is 19.5 Å². The van der Waals surface area contributed by atoms with Crippen LogP contribution >= 0.6 is 34.0 Å².